The number of fused-ring (bicyclic) bond motifs is 10. The maximum absolute atomic E-state index is 13.7. The highest BCUT2D eigenvalue weighted by molar-refractivity contribution is 5.85. The molecule has 2 saturated heterocycles. The van der Waals surface area contributed by atoms with Gasteiger partial charge in [0.05, 0.1) is 38.6 Å². The highest BCUT2D eigenvalue weighted by atomic mass is 16.7. The first-order chi connectivity index (χ1) is 27.0. The van der Waals surface area contributed by atoms with Crippen LogP contribution in [0.5, 0.6) is 0 Å². The lowest BCUT2D eigenvalue weighted by Gasteiger charge is -2.60. The Hall–Kier alpha value is -1.88. The predicted molar refractivity (Wildman–Crippen MR) is 214 cm³/mol. The SMILES string of the molecule is CC(=O)OC1=CC2=CC[C@H]3[C@@H]4CC[C@H](C5(C)OCCO5)[C@@]4(C)CC(=O)[C@@H]3[C@@]2(C)CC1.CC1([C@H]2CC[C@H]3[C@@H]4CC=C5C[C@@H](O)CC[C@]5(C)[C@H]4[C@@H](O)C[C@]23C)OCCO1. The second-order valence-corrected chi connectivity index (χ2v) is 21.5. The van der Waals surface area contributed by atoms with Gasteiger partial charge in [0.15, 0.2) is 11.6 Å². The van der Waals surface area contributed by atoms with E-state index in [0.717, 1.165) is 70.0 Å². The molecule has 57 heavy (non-hydrogen) atoms. The highest BCUT2D eigenvalue weighted by Gasteiger charge is 2.67. The van der Waals surface area contributed by atoms with Crippen LogP contribution in [0.15, 0.2) is 35.1 Å². The molecule has 10 aliphatic rings. The molecule has 0 unspecified atom stereocenters. The molecule has 0 aromatic carbocycles. The Morgan fingerprint density at radius 1 is 0.754 bits per heavy atom. The van der Waals surface area contributed by atoms with Crippen molar-refractivity contribution in [3.05, 3.63) is 35.1 Å². The third kappa shape index (κ3) is 6.19. The number of carbonyl (C=O) groups is 2. The highest BCUT2D eigenvalue weighted by Crippen LogP contribution is 2.69. The molecule has 8 aliphatic carbocycles. The Morgan fingerprint density at radius 2 is 1.35 bits per heavy atom. The van der Waals surface area contributed by atoms with Gasteiger partial charge < -0.3 is 33.9 Å². The van der Waals surface area contributed by atoms with E-state index < -0.39 is 11.6 Å². The van der Waals surface area contributed by atoms with Crippen molar-refractivity contribution in [2.45, 2.75) is 156 Å². The zero-order valence-electron chi connectivity index (χ0n) is 35.8. The third-order valence-electron chi connectivity index (χ3n) is 18.7. The van der Waals surface area contributed by atoms with Crippen molar-refractivity contribution in [1.82, 2.24) is 0 Å². The van der Waals surface area contributed by atoms with Crippen molar-refractivity contribution in [2.24, 2.45) is 69.0 Å². The summed E-state index contributed by atoms with van der Waals surface area (Å²) in [7, 11) is 0. The number of carbonyl (C=O) groups excluding carboxylic acids is 2. The number of rotatable bonds is 3. The van der Waals surface area contributed by atoms with Crippen LogP contribution in [0, 0.1) is 69.0 Å². The number of ketones is 1. The normalized spacial score (nSPS) is 49.0. The van der Waals surface area contributed by atoms with Gasteiger partial charge in [0.25, 0.3) is 0 Å². The lowest BCUT2D eigenvalue weighted by atomic mass is 9.46. The largest absolute Gasteiger partial charge is 0.431 e. The van der Waals surface area contributed by atoms with Crippen LogP contribution in [-0.4, -0.2) is 72.2 Å². The fraction of sp³-hybridized carbons (Fsp3) is 0.833. The molecule has 2 N–H and O–H groups in total. The summed E-state index contributed by atoms with van der Waals surface area (Å²) in [5, 5.41) is 21.6. The average molecular weight is 791 g/mol. The third-order valence-corrected chi connectivity index (χ3v) is 18.7. The molecule has 14 atom stereocenters. The van der Waals surface area contributed by atoms with Gasteiger partial charge in [0.2, 0.25) is 0 Å². The zero-order chi connectivity index (χ0) is 40.3. The molecule has 0 bridgehead atoms. The van der Waals surface area contributed by atoms with Crippen LogP contribution in [0.3, 0.4) is 0 Å². The van der Waals surface area contributed by atoms with Crippen LogP contribution in [0.4, 0.5) is 0 Å². The van der Waals surface area contributed by atoms with E-state index in [1.54, 1.807) is 0 Å². The number of esters is 1. The average Bonchev–Trinajstić information content (AvgIpc) is 3.94. The number of Topliss-reactive ketones (excluding diaryl/α,β-unsaturated/α-hetero) is 1. The first-order valence-corrected chi connectivity index (χ1v) is 22.7. The second-order valence-electron chi connectivity index (χ2n) is 21.5. The molecule has 0 aromatic heterocycles. The van der Waals surface area contributed by atoms with Gasteiger partial charge in [0, 0.05) is 42.9 Å². The molecule has 2 heterocycles. The predicted octanol–water partition coefficient (Wildman–Crippen LogP) is 8.22. The van der Waals surface area contributed by atoms with Gasteiger partial charge in [0.1, 0.15) is 11.5 Å². The van der Waals surface area contributed by atoms with Crippen LogP contribution >= 0.6 is 0 Å². The van der Waals surface area contributed by atoms with Gasteiger partial charge in [-0.1, -0.05) is 45.4 Å². The van der Waals surface area contributed by atoms with Gasteiger partial charge in [-0.2, -0.15) is 0 Å². The Morgan fingerprint density at radius 3 is 1.98 bits per heavy atom. The smallest absolute Gasteiger partial charge is 0.307 e. The van der Waals surface area contributed by atoms with Crippen molar-refractivity contribution < 1.29 is 43.5 Å². The Labute approximate surface area is 340 Å². The minimum Gasteiger partial charge on any atom is -0.431 e. The summed E-state index contributed by atoms with van der Waals surface area (Å²) in [6.07, 6.45) is 18.6. The monoisotopic (exact) mass is 791 g/mol. The lowest BCUT2D eigenvalue weighted by molar-refractivity contribution is -0.223. The van der Waals surface area contributed by atoms with Crippen LogP contribution in [0.2, 0.25) is 0 Å². The zero-order valence-corrected chi connectivity index (χ0v) is 35.8. The number of ether oxygens (including phenoxy) is 5. The van der Waals surface area contributed by atoms with Crippen molar-refractivity contribution in [3.8, 4) is 0 Å². The van der Waals surface area contributed by atoms with E-state index in [1.165, 1.54) is 24.5 Å². The molecule has 5 saturated carbocycles. The fourth-order valence-corrected chi connectivity index (χ4v) is 16.4. The van der Waals surface area contributed by atoms with E-state index in [2.05, 4.69) is 53.7 Å². The van der Waals surface area contributed by atoms with E-state index >= 15 is 0 Å². The summed E-state index contributed by atoms with van der Waals surface area (Å²) in [5.74, 6) is 2.92. The molecule has 0 spiro atoms. The molecule has 316 valence electrons. The van der Waals surface area contributed by atoms with E-state index in [1.807, 2.05) is 6.08 Å². The van der Waals surface area contributed by atoms with Gasteiger partial charge in [-0.3, -0.25) is 9.59 Å². The molecule has 9 nitrogen and oxygen atoms in total. The van der Waals surface area contributed by atoms with Crippen LogP contribution in [-0.2, 0) is 33.3 Å². The summed E-state index contributed by atoms with van der Waals surface area (Å²) in [4.78, 5) is 25.1. The summed E-state index contributed by atoms with van der Waals surface area (Å²) >= 11 is 0. The van der Waals surface area contributed by atoms with Gasteiger partial charge in [-0.15, -0.1) is 0 Å². The molecular formula is C48H70O9. The maximum Gasteiger partial charge on any atom is 0.307 e. The lowest BCUT2D eigenvalue weighted by Crippen LogP contribution is -2.58. The number of aliphatic hydroxyl groups is 2. The summed E-state index contributed by atoms with van der Waals surface area (Å²) < 4.78 is 29.7. The molecule has 0 amide bonds. The molecule has 9 heteroatoms. The first kappa shape index (κ1) is 40.5. The summed E-state index contributed by atoms with van der Waals surface area (Å²) in [6, 6.07) is 0. The quantitative estimate of drug-likeness (QED) is 0.215. The van der Waals surface area contributed by atoms with Crippen molar-refractivity contribution >= 4 is 11.8 Å². The van der Waals surface area contributed by atoms with Crippen molar-refractivity contribution in [2.75, 3.05) is 26.4 Å². The molecule has 2 aliphatic heterocycles. The van der Waals surface area contributed by atoms with Crippen LogP contribution in [0.25, 0.3) is 0 Å². The van der Waals surface area contributed by atoms with Gasteiger partial charge >= 0.3 is 5.97 Å². The topological polar surface area (TPSA) is 121 Å². The molecular weight excluding hydrogens is 721 g/mol. The Balaban J connectivity index is 0.000000149. The Kier molecular flexibility index (Phi) is 10.0. The molecule has 10 rings (SSSR count). The van der Waals surface area contributed by atoms with Crippen LogP contribution in [0.1, 0.15) is 132 Å². The number of hydrogen-bond acceptors (Lipinski definition) is 9. The van der Waals surface area contributed by atoms with Gasteiger partial charge in [-0.05, 0) is 142 Å². The minimum absolute atomic E-state index is 0.0580. The number of allylic oxidation sites excluding steroid dienone is 5. The van der Waals surface area contributed by atoms with E-state index in [-0.39, 0.29) is 51.7 Å². The fourth-order valence-electron chi connectivity index (χ4n) is 16.4. The summed E-state index contributed by atoms with van der Waals surface area (Å²) in [6.45, 7) is 17.7. The van der Waals surface area contributed by atoms with E-state index in [4.69, 9.17) is 23.7 Å². The second kappa shape index (κ2) is 14.1. The van der Waals surface area contributed by atoms with Gasteiger partial charge in [-0.25, -0.2) is 0 Å². The molecule has 0 aromatic rings. The molecule has 0 radical (unpaired) electrons. The first-order valence-electron chi connectivity index (χ1n) is 22.7. The maximum atomic E-state index is 13.7. The minimum atomic E-state index is -0.553. The van der Waals surface area contributed by atoms with E-state index in [0.29, 0.717) is 80.6 Å². The standard InChI is InChI=1S/C25H34O5.C23H36O4/c1-15(26)30-17-9-10-23(2)16(13-17)5-6-18-19-7-8-21(25(4)28-11-12-29-25)24(19,3)14-20(27)22(18)23;1-21-9-8-15(24)12-14(21)4-5-16-17-6-7-19(23(3)26-10-11-27-23)22(17,2)13-18(25)20(16)21/h5,13,18-19,21-22H,6-12,14H2,1-4H3;4,15-20,24-25H,5-13H2,1-3H3/t18-,19-,21-,22+,23-,24-;15-,16-,17-,18-,19-,20+,21-,22-/m00/s1. The number of aliphatic hydroxyl groups excluding tert-OH is 2. The van der Waals surface area contributed by atoms with Crippen LogP contribution < -0.4 is 0 Å². The van der Waals surface area contributed by atoms with E-state index in [9.17, 15) is 19.8 Å². The Bertz CT molecular complexity index is 1720. The summed E-state index contributed by atoms with van der Waals surface area (Å²) in [5.41, 5.74) is 2.52. The number of hydrogen-bond donors (Lipinski definition) is 2. The van der Waals surface area contributed by atoms with Crippen molar-refractivity contribution in [3.63, 3.8) is 0 Å². The van der Waals surface area contributed by atoms with Crippen molar-refractivity contribution in [1.29, 1.82) is 0 Å². The molecule has 7 fully saturated rings.